The number of phenols is 1. The van der Waals surface area contributed by atoms with Crippen LogP contribution in [0, 0.1) is 29.1 Å². The Labute approximate surface area is 203 Å². The average Bonchev–Trinajstić information content (AvgIpc) is 3.11. The zero-order chi connectivity index (χ0) is 23.0. The summed E-state index contributed by atoms with van der Waals surface area (Å²) >= 11 is 3.00. The lowest BCUT2D eigenvalue weighted by molar-refractivity contribution is -0.123. The van der Waals surface area contributed by atoms with Gasteiger partial charge < -0.3 is 10.1 Å². The van der Waals surface area contributed by atoms with E-state index in [9.17, 15) is 19.5 Å². The Bertz CT molecular complexity index is 1460. The molecular weight excluding hydrogens is 468 g/mol. The van der Waals surface area contributed by atoms with E-state index in [-0.39, 0.29) is 62.2 Å². The highest BCUT2D eigenvalue weighted by atomic mass is 32.2. The number of thioether (sulfide) groups is 1. The molecule has 2 aromatic carbocycles. The van der Waals surface area contributed by atoms with E-state index < -0.39 is 0 Å². The minimum Gasteiger partial charge on any atom is -0.508 e. The van der Waals surface area contributed by atoms with Crippen molar-refractivity contribution in [1.29, 1.82) is 0 Å². The van der Waals surface area contributed by atoms with Crippen molar-refractivity contribution in [1.82, 2.24) is 4.98 Å². The molecule has 170 valence electrons. The van der Waals surface area contributed by atoms with Crippen LogP contribution in [0.15, 0.2) is 64.4 Å². The number of hydrogen-bond acceptors (Lipinski definition) is 6. The maximum absolute atomic E-state index is 13.8. The molecule has 8 rings (SSSR count). The van der Waals surface area contributed by atoms with E-state index in [1.807, 2.05) is 42.5 Å². The van der Waals surface area contributed by atoms with Gasteiger partial charge in [-0.15, -0.1) is 11.8 Å². The highest BCUT2D eigenvalue weighted by Gasteiger charge is 2.87. The fraction of sp³-hybridized carbons (Fsp3) is 0.346. The number of anilines is 1. The third kappa shape index (κ3) is 1.98. The Balaban J connectivity index is 1.30. The third-order valence-corrected chi connectivity index (χ3v) is 12.0. The van der Waals surface area contributed by atoms with Crippen molar-refractivity contribution in [2.45, 2.75) is 28.5 Å². The summed E-state index contributed by atoms with van der Waals surface area (Å²) < 4.78 is 0. The molecule has 1 aromatic heterocycles. The predicted octanol–water partition coefficient (Wildman–Crippen LogP) is 3.75. The lowest BCUT2D eigenvalue weighted by Gasteiger charge is -2.42. The number of fused-ring (bicyclic) bond motifs is 8. The summed E-state index contributed by atoms with van der Waals surface area (Å²) in [5.74, 6) is -0.292. The van der Waals surface area contributed by atoms with E-state index in [4.69, 9.17) is 0 Å². The number of hydrogen-bond donors (Lipinski definition) is 2. The number of aromatic hydroxyl groups is 1. The van der Waals surface area contributed by atoms with Crippen LogP contribution in [0.2, 0.25) is 0 Å². The zero-order valence-electron chi connectivity index (χ0n) is 17.9. The van der Waals surface area contributed by atoms with Crippen molar-refractivity contribution in [2.75, 3.05) is 4.90 Å². The largest absolute Gasteiger partial charge is 0.508 e. The van der Waals surface area contributed by atoms with Gasteiger partial charge in [0.1, 0.15) is 5.75 Å². The van der Waals surface area contributed by atoms with Gasteiger partial charge in [0, 0.05) is 16.1 Å². The van der Waals surface area contributed by atoms with Gasteiger partial charge in [-0.1, -0.05) is 41.7 Å². The standard InChI is InChI=1S/C26H20N2O4S2/c29-14-8-6-12(7-9-14)25-11-26(25)16-10-15(19(26)33-21-20(25)34-24(32)27-21)17-18(16)23(31)28(22(17)30)13-4-2-1-3-5-13/h1-9,15-19,29H,10-11H2,(H,27,32)/t15-,16+,17-,18+,19-,25?,26+/m1/s1. The number of thiazole rings is 1. The number of para-hydroxylation sites is 1. The molecule has 8 heteroatoms. The number of H-pyrrole nitrogens is 1. The quantitative estimate of drug-likeness (QED) is 0.537. The highest BCUT2D eigenvalue weighted by molar-refractivity contribution is 8.00. The molecule has 6 nitrogen and oxygen atoms in total. The highest BCUT2D eigenvalue weighted by Crippen LogP contribution is 2.87. The summed E-state index contributed by atoms with van der Waals surface area (Å²) in [5.41, 5.74) is 1.25. The van der Waals surface area contributed by atoms with E-state index in [2.05, 4.69) is 4.98 Å². The van der Waals surface area contributed by atoms with Gasteiger partial charge in [0.15, 0.2) is 0 Å². The lowest BCUT2D eigenvalue weighted by atomic mass is 9.67. The molecule has 3 saturated carbocycles. The minimum absolute atomic E-state index is 0.0624. The van der Waals surface area contributed by atoms with Crippen LogP contribution in [0.5, 0.6) is 5.75 Å². The van der Waals surface area contributed by atoms with Crippen molar-refractivity contribution < 1.29 is 14.7 Å². The number of phenolic OH excluding ortho intramolecular Hbond substituents is 1. The van der Waals surface area contributed by atoms with Crippen LogP contribution in [-0.4, -0.2) is 27.2 Å². The number of carbonyl (C=O) groups is 2. The third-order valence-electron chi connectivity index (χ3n) is 9.23. The molecular formula is C26H20N2O4S2. The van der Waals surface area contributed by atoms with Crippen LogP contribution < -0.4 is 9.77 Å². The Morgan fingerprint density at radius 2 is 1.71 bits per heavy atom. The molecule has 5 aliphatic rings. The van der Waals surface area contributed by atoms with E-state index in [1.165, 1.54) is 16.2 Å². The summed E-state index contributed by atoms with van der Waals surface area (Å²) in [7, 11) is 0. The van der Waals surface area contributed by atoms with Gasteiger partial charge in [0.2, 0.25) is 11.8 Å². The van der Waals surface area contributed by atoms with Gasteiger partial charge in [-0.25, -0.2) is 0 Å². The molecule has 0 radical (unpaired) electrons. The van der Waals surface area contributed by atoms with Crippen LogP contribution in [0.1, 0.15) is 23.3 Å². The predicted molar refractivity (Wildman–Crippen MR) is 128 cm³/mol. The molecule has 1 spiro atoms. The Hall–Kier alpha value is -2.84. The number of imide groups is 1. The molecule has 7 atom stereocenters. The molecule has 2 amide bonds. The van der Waals surface area contributed by atoms with Gasteiger partial charge in [0.05, 0.1) is 27.4 Å². The van der Waals surface area contributed by atoms with E-state index in [0.29, 0.717) is 5.69 Å². The maximum atomic E-state index is 13.8. The van der Waals surface area contributed by atoms with Gasteiger partial charge in [-0.3, -0.25) is 19.3 Å². The van der Waals surface area contributed by atoms with E-state index in [1.54, 1.807) is 23.9 Å². The van der Waals surface area contributed by atoms with E-state index >= 15 is 0 Å². The molecule has 3 heterocycles. The van der Waals surface area contributed by atoms with Crippen LogP contribution in [-0.2, 0) is 15.0 Å². The first-order valence-electron chi connectivity index (χ1n) is 11.6. The van der Waals surface area contributed by atoms with Gasteiger partial charge in [-0.2, -0.15) is 0 Å². The number of nitrogens with one attached hydrogen (secondary N) is 1. The number of rotatable bonds is 2. The van der Waals surface area contributed by atoms with Gasteiger partial charge in [0.25, 0.3) is 0 Å². The molecule has 2 bridgehead atoms. The molecule has 2 N–H and O–H groups in total. The average molecular weight is 489 g/mol. The van der Waals surface area contributed by atoms with Crippen molar-refractivity contribution >= 4 is 40.6 Å². The number of carbonyl (C=O) groups excluding carboxylic acids is 2. The van der Waals surface area contributed by atoms with Gasteiger partial charge in [-0.05, 0) is 54.5 Å². The van der Waals surface area contributed by atoms with E-state index in [0.717, 1.165) is 28.3 Å². The second-order valence-corrected chi connectivity index (χ2v) is 12.4. The first-order chi connectivity index (χ1) is 16.5. The summed E-state index contributed by atoms with van der Waals surface area (Å²) in [6, 6.07) is 16.6. The van der Waals surface area contributed by atoms with Crippen molar-refractivity contribution in [3.05, 3.63) is 74.7 Å². The lowest BCUT2D eigenvalue weighted by Crippen LogP contribution is -2.45. The fourth-order valence-electron chi connectivity index (χ4n) is 8.16. The number of nitrogens with zero attached hydrogens (tertiary/aromatic N) is 1. The summed E-state index contributed by atoms with van der Waals surface area (Å²) in [6.07, 6.45) is 1.76. The SMILES string of the molecule is O=C1[C@@H]2[C@H]3C[C@@H]([C@@H]2C(=O)N1c1ccccc1)[C@]12CC1(c1ccc(O)cc1)c1sc(=O)[nH]c1S[C@H]32. The molecule has 34 heavy (non-hydrogen) atoms. The van der Waals surface area contributed by atoms with Crippen LogP contribution in [0.4, 0.5) is 5.69 Å². The van der Waals surface area contributed by atoms with Crippen molar-refractivity contribution in [3.63, 3.8) is 0 Å². The Morgan fingerprint density at radius 3 is 2.47 bits per heavy atom. The monoisotopic (exact) mass is 488 g/mol. The summed E-state index contributed by atoms with van der Waals surface area (Å²) in [4.78, 5) is 45.3. The first kappa shape index (κ1) is 19.5. The fourth-order valence-corrected chi connectivity index (χ4v) is 11.3. The molecule has 3 aliphatic carbocycles. The smallest absolute Gasteiger partial charge is 0.305 e. The Kier molecular flexibility index (Phi) is 3.46. The number of aromatic nitrogens is 1. The van der Waals surface area contributed by atoms with Crippen molar-refractivity contribution in [2.24, 2.45) is 29.1 Å². The summed E-state index contributed by atoms with van der Waals surface area (Å²) in [6.45, 7) is 0. The zero-order valence-corrected chi connectivity index (χ0v) is 19.6. The molecule has 2 aliphatic heterocycles. The second-order valence-electron chi connectivity index (χ2n) is 10.3. The molecule has 3 aromatic rings. The minimum atomic E-state index is -0.344. The second kappa shape index (κ2) is 6.04. The normalized spacial score (nSPS) is 38.5. The number of amides is 2. The first-order valence-corrected chi connectivity index (χ1v) is 13.3. The van der Waals surface area contributed by atoms with Crippen LogP contribution in [0.3, 0.4) is 0 Å². The maximum Gasteiger partial charge on any atom is 0.305 e. The van der Waals surface area contributed by atoms with Crippen LogP contribution in [0.25, 0.3) is 0 Å². The number of benzene rings is 2. The molecule has 1 saturated heterocycles. The van der Waals surface area contributed by atoms with Crippen molar-refractivity contribution in [3.8, 4) is 5.75 Å². The molecule has 1 unspecified atom stereocenters. The van der Waals surface area contributed by atoms with Gasteiger partial charge >= 0.3 is 4.87 Å². The van der Waals surface area contributed by atoms with Crippen LogP contribution >= 0.6 is 23.1 Å². The topological polar surface area (TPSA) is 90.5 Å². The Morgan fingerprint density at radius 1 is 0.971 bits per heavy atom. The number of aromatic amines is 1. The summed E-state index contributed by atoms with van der Waals surface area (Å²) in [5, 5.41) is 11.0. The molecule has 4 fully saturated rings.